The third-order valence-corrected chi connectivity index (χ3v) is 4.86. The predicted molar refractivity (Wildman–Crippen MR) is 98.9 cm³/mol. The first-order valence-corrected chi connectivity index (χ1v) is 9.99. The zero-order chi connectivity index (χ0) is 18.3. The lowest BCUT2D eigenvalue weighted by Gasteiger charge is -2.26. The molecule has 7 heteroatoms. The number of aryl methyl sites for hydroxylation is 2. The molecule has 1 rings (SSSR count). The number of amides is 1. The van der Waals surface area contributed by atoms with E-state index in [9.17, 15) is 13.2 Å². The van der Waals surface area contributed by atoms with Crippen LogP contribution in [0.4, 0.5) is 5.69 Å². The van der Waals surface area contributed by atoms with Crippen molar-refractivity contribution >= 4 is 21.6 Å². The topological polar surface area (TPSA) is 69.7 Å². The molecular weight excluding hydrogens is 326 g/mol. The summed E-state index contributed by atoms with van der Waals surface area (Å²) in [4.78, 5) is 14.2. The van der Waals surface area contributed by atoms with Crippen molar-refractivity contribution in [2.75, 3.05) is 44.3 Å². The van der Waals surface area contributed by atoms with Crippen LogP contribution in [0, 0.1) is 6.92 Å². The molecule has 0 saturated carbocycles. The number of benzene rings is 1. The van der Waals surface area contributed by atoms with Crippen LogP contribution >= 0.6 is 0 Å². The summed E-state index contributed by atoms with van der Waals surface area (Å²) in [6.45, 7) is 5.04. The first-order chi connectivity index (χ1) is 11.2. The summed E-state index contributed by atoms with van der Waals surface area (Å²) >= 11 is 0. The van der Waals surface area contributed by atoms with Gasteiger partial charge in [0.25, 0.3) is 0 Å². The first kappa shape index (κ1) is 20.4. The van der Waals surface area contributed by atoms with E-state index in [0.717, 1.165) is 30.3 Å². The van der Waals surface area contributed by atoms with Gasteiger partial charge in [0, 0.05) is 6.54 Å². The molecule has 0 aliphatic carbocycles. The van der Waals surface area contributed by atoms with Crippen molar-refractivity contribution in [1.29, 1.82) is 0 Å². The zero-order valence-electron chi connectivity index (χ0n) is 15.3. The highest BCUT2D eigenvalue weighted by molar-refractivity contribution is 7.92. The van der Waals surface area contributed by atoms with Crippen LogP contribution in [0.5, 0.6) is 0 Å². The Hall–Kier alpha value is -1.60. The molecule has 0 spiro atoms. The molecule has 0 fully saturated rings. The Morgan fingerprint density at radius 2 is 1.92 bits per heavy atom. The highest BCUT2D eigenvalue weighted by atomic mass is 32.2. The van der Waals surface area contributed by atoms with E-state index in [0.29, 0.717) is 18.7 Å². The smallest absolute Gasteiger partial charge is 0.240 e. The zero-order valence-corrected chi connectivity index (χ0v) is 16.1. The summed E-state index contributed by atoms with van der Waals surface area (Å²) in [5, 5.41) is 2.80. The van der Waals surface area contributed by atoms with Crippen LogP contribution < -0.4 is 9.62 Å². The number of sulfonamides is 1. The van der Waals surface area contributed by atoms with Gasteiger partial charge in [-0.1, -0.05) is 25.1 Å². The Morgan fingerprint density at radius 1 is 1.25 bits per heavy atom. The standard InChI is InChI=1S/C17H29N3O3S/c1-6-15-10-7-9-14(2)17(15)20(24(5,22)23)13-16(21)18-11-8-12-19(3)4/h7,9-10H,6,8,11-13H2,1-5H3,(H,18,21). The van der Waals surface area contributed by atoms with Crippen LogP contribution in [0.25, 0.3) is 0 Å². The van der Waals surface area contributed by atoms with Crippen LogP contribution in [-0.2, 0) is 21.2 Å². The minimum atomic E-state index is -3.55. The maximum Gasteiger partial charge on any atom is 0.240 e. The fraction of sp³-hybridized carbons (Fsp3) is 0.588. The van der Waals surface area contributed by atoms with Crippen molar-refractivity contribution in [3.05, 3.63) is 29.3 Å². The molecule has 0 heterocycles. The van der Waals surface area contributed by atoms with E-state index >= 15 is 0 Å². The van der Waals surface area contributed by atoms with Gasteiger partial charge in [0.2, 0.25) is 15.9 Å². The fourth-order valence-electron chi connectivity index (χ4n) is 2.53. The lowest BCUT2D eigenvalue weighted by molar-refractivity contribution is -0.119. The number of hydrogen-bond donors (Lipinski definition) is 1. The van der Waals surface area contributed by atoms with Gasteiger partial charge in [-0.2, -0.15) is 0 Å². The minimum Gasteiger partial charge on any atom is -0.354 e. The number of nitrogens with zero attached hydrogens (tertiary/aromatic N) is 2. The van der Waals surface area contributed by atoms with Crippen molar-refractivity contribution < 1.29 is 13.2 Å². The summed E-state index contributed by atoms with van der Waals surface area (Å²) in [5.74, 6) is -0.288. The quantitative estimate of drug-likeness (QED) is 0.680. The average molecular weight is 356 g/mol. The second-order valence-electron chi connectivity index (χ2n) is 6.21. The summed E-state index contributed by atoms with van der Waals surface area (Å²) in [6.07, 6.45) is 2.66. The highest BCUT2D eigenvalue weighted by Crippen LogP contribution is 2.27. The second-order valence-corrected chi connectivity index (χ2v) is 8.12. The van der Waals surface area contributed by atoms with Crippen LogP contribution in [0.15, 0.2) is 18.2 Å². The van der Waals surface area contributed by atoms with Gasteiger partial charge in [-0.25, -0.2) is 8.42 Å². The maximum atomic E-state index is 12.2. The molecule has 1 amide bonds. The monoisotopic (exact) mass is 355 g/mol. The summed E-state index contributed by atoms with van der Waals surface area (Å²) in [6, 6.07) is 5.66. The molecule has 1 N–H and O–H groups in total. The Morgan fingerprint density at radius 3 is 2.46 bits per heavy atom. The number of hydrogen-bond acceptors (Lipinski definition) is 4. The van der Waals surface area contributed by atoms with Crippen LogP contribution in [0.2, 0.25) is 0 Å². The van der Waals surface area contributed by atoms with Crippen LogP contribution in [-0.4, -0.2) is 59.2 Å². The first-order valence-electron chi connectivity index (χ1n) is 8.14. The van der Waals surface area contributed by atoms with Crippen LogP contribution in [0.3, 0.4) is 0 Å². The van der Waals surface area contributed by atoms with E-state index in [1.54, 1.807) is 0 Å². The van der Waals surface area contributed by atoms with E-state index in [2.05, 4.69) is 5.32 Å². The molecule has 6 nitrogen and oxygen atoms in total. The van der Waals surface area contributed by atoms with Gasteiger partial charge in [0.05, 0.1) is 11.9 Å². The lowest BCUT2D eigenvalue weighted by Crippen LogP contribution is -2.41. The molecule has 0 aliphatic heterocycles. The van der Waals surface area contributed by atoms with E-state index in [1.165, 1.54) is 4.31 Å². The Balaban J connectivity index is 2.91. The molecule has 1 aromatic carbocycles. The second kappa shape index (κ2) is 9.03. The van der Waals surface area contributed by atoms with E-state index in [4.69, 9.17) is 0 Å². The molecule has 1 aromatic rings. The minimum absolute atomic E-state index is 0.196. The number of anilines is 1. The van der Waals surface area contributed by atoms with Gasteiger partial charge in [-0.15, -0.1) is 0 Å². The molecule has 0 saturated heterocycles. The van der Waals surface area contributed by atoms with E-state index < -0.39 is 10.0 Å². The van der Waals surface area contributed by atoms with Crippen molar-refractivity contribution in [3.63, 3.8) is 0 Å². The Bertz CT molecular complexity index is 657. The molecule has 0 atom stereocenters. The van der Waals surface area contributed by atoms with Crippen molar-refractivity contribution in [3.8, 4) is 0 Å². The molecule has 0 bridgehead atoms. The summed E-state index contributed by atoms with van der Waals surface area (Å²) in [5.41, 5.74) is 2.38. The summed E-state index contributed by atoms with van der Waals surface area (Å²) in [7, 11) is 0.392. The summed E-state index contributed by atoms with van der Waals surface area (Å²) < 4.78 is 25.7. The third-order valence-electron chi connectivity index (χ3n) is 3.74. The van der Waals surface area contributed by atoms with E-state index in [-0.39, 0.29) is 12.5 Å². The molecule has 0 unspecified atom stereocenters. The molecular formula is C17H29N3O3S. The molecule has 0 aromatic heterocycles. The van der Waals surface area contributed by atoms with E-state index in [1.807, 2.05) is 51.0 Å². The van der Waals surface area contributed by atoms with Gasteiger partial charge < -0.3 is 10.2 Å². The maximum absolute atomic E-state index is 12.2. The van der Waals surface area contributed by atoms with Crippen LogP contribution in [0.1, 0.15) is 24.5 Å². The Labute approximate surface area is 145 Å². The number of carbonyl (C=O) groups is 1. The largest absolute Gasteiger partial charge is 0.354 e. The Kier molecular flexibility index (Phi) is 7.69. The normalized spacial score (nSPS) is 11.6. The van der Waals surface area contributed by atoms with Crippen molar-refractivity contribution in [2.24, 2.45) is 0 Å². The SMILES string of the molecule is CCc1cccc(C)c1N(CC(=O)NCCCN(C)C)S(C)(=O)=O. The molecule has 0 radical (unpaired) electrons. The van der Waals surface area contributed by atoms with Gasteiger partial charge in [0.15, 0.2) is 0 Å². The van der Waals surface area contributed by atoms with Gasteiger partial charge in [-0.3, -0.25) is 9.10 Å². The van der Waals surface area contributed by atoms with Gasteiger partial charge in [0.1, 0.15) is 6.54 Å². The fourth-order valence-corrected chi connectivity index (χ4v) is 3.48. The van der Waals surface area contributed by atoms with Gasteiger partial charge in [-0.05, 0) is 51.5 Å². The number of nitrogens with one attached hydrogen (secondary N) is 1. The number of rotatable bonds is 9. The number of para-hydroxylation sites is 1. The molecule has 0 aliphatic rings. The van der Waals surface area contributed by atoms with Crippen molar-refractivity contribution in [1.82, 2.24) is 10.2 Å². The highest BCUT2D eigenvalue weighted by Gasteiger charge is 2.24. The number of carbonyl (C=O) groups excluding carboxylic acids is 1. The third kappa shape index (κ3) is 6.13. The molecule has 24 heavy (non-hydrogen) atoms. The van der Waals surface area contributed by atoms with Crippen molar-refractivity contribution in [2.45, 2.75) is 26.7 Å². The molecule has 136 valence electrons. The predicted octanol–water partition coefficient (Wildman–Crippen LogP) is 1.39. The van der Waals surface area contributed by atoms with Gasteiger partial charge >= 0.3 is 0 Å². The average Bonchev–Trinajstić information content (AvgIpc) is 2.48. The lowest BCUT2D eigenvalue weighted by atomic mass is 10.1.